The van der Waals surface area contributed by atoms with Crippen molar-refractivity contribution in [1.29, 1.82) is 0 Å². The largest absolute Gasteiger partial charge is 0.495 e. The molecule has 1 N–H and O–H groups in total. The van der Waals surface area contributed by atoms with Gasteiger partial charge >= 0.3 is 0 Å². The van der Waals surface area contributed by atoms with E-state index in [1.54, 1.807) is 0 Å². The van der Waals surface area contributed by atoms with Crippen LogP contribution in [0.1, 0.15) is 5.56 Å². The lowest BCUT2D eigenvalue weighted by molar-refractivity contribution is -0.115. The smallest absolute Gasteiger partial charge is 0.242 e. The van der Waals surface area contributed by atoms with E-state index in [0.717, 1.165) is 9.87 Å². The van der Waals surface area contributed by atoms with Crippen molar-refractivity contribution >= 4 is 33.0 Å². The second kappa shape index (κ2) is 7.12. The third-order valence-corrected chi connectivity index (χ3v) is 5.71. The number of carbonyl (C=O) groups is 1. The molecule has 2 aromatic rings. The van der Waals surface area contributed by atoms with E-state index in [1.807, 2.05) is 16.8 Å². The fourth-order valence-corrected chi connectivity index (χ4v) is 3.53. The maximum Gasteiger partial charge on any atom is 0.242 e. The quantitative estimate of drug-likeness (QED) is 0.863. The Morgan fingerprint density at radius 1 is 1.30 bits per heavy atom. The van der Waals surface area contributed by atoms with Crippen molar-refractivity contribution in [2.75, 3.05) is 26.5 Å². The zero-order valence-corrected chi connectivity index (χ0v) is 14.7. The number of methoxy groups -OCH3 is 1. The number of nitrogens with one attached hydrogen (secondary N) is 1. The standard InChI is InChI=1S/C15H18N2O4S2/c1-17(2)23(19,20)12-4-5-14(21-3)13(9-12)16-15(18)8-11-6-7-22-10-11/h4-7,9-10H,8H2,1-3H3,(H,16,18). The third kappa shape index (κ3) is 4.10. The van der Waals surface area contributed by atoms with E-state index in [4.69, 9.17) is 4.74 Å². The van der Waals surface area contributed by atoms with Crippen molar-refractivity contribution < 1.29 is 17.9 Å². The van der Waals surface area contributed by atoms with Gasteiger partial charge in [-0.2, -0.15) is 11.3 Å². The molecule has 8 heteroatoms. The first-order valence-corrected chi connectivity index (χ1v) is 9.14. The minimum Gasteiger partial charge on any atom is -0.495 e. The molecule has 1 amide bonds. The number of anilines is 1. The SMILES string of the molecule is COc1ccc(S(=O)(=O)N(C)C)cc1NC(=O)Cc1ccsc1. The van der Waals surface area contributed by atoms with Crippen LogP contribution < -0.4 is 10.1 Å². The van der Waals surface area contributed by atoms with Gasteiger partial charge in [-0.15, -0.1) is 0 Å². The summed E-state index contributed by atoms with van der Waals surface area (Å²) in [6, 6.07) is 6.24. The first-order chi connectivity index (χ1) is 10.8. The van der Waals surface area contributed by atoms with Gasteiger partial charge in [0, 0.05) is 14.1 Å². The number of ether oxygens (including phenoxy) is 1. The van der Waals surface area contributed by atoms with E-state index in [-0.39, 0.29) is 17.2 Å². The van der Waals surface area contributed by atoms with E-state index < -0.39 is 10.0 Å². The normalized spacial score (nSPS) is 11.5. The molecule has 6 nitrogen and oxygen atoms in total. The molecule has 1 heterocycles. The average molecular weight is 354 g/mol. The maximum atomic E-state index is 12.2. The Morgan fingerprint density at radius 2 is 2.04 bits per heavy atom. The first-order valence-electron chi connectivity index (χ1n) is 6.76. The number of sulfonamides is 1. The second-order valence-electron chi connectivity index (χ2n) is 5.01. The molecule has 0 fully saturated rings. The average Bonchev–Trinajstić information content (AvgIpc) is 2.99. The Labute approximate surface area is 139 Å². The van der Waals surface area contributed by atoms with E-state index in [0.29, 0.717) is 11.4 Å². The molecule has 0 atom stereocenters. The van der Waals surface area contributed by atoms with Gasteiger partial charge in [0.25, 0.3) is 0 Å². The summed E-state index contributed by atoms with van der Waals surface area (Å²) in [7, 11) is 0.786. The molecule has 0 aliphatic rings. The van der Waals surface area contributed by atoms with E-state index >= 15 is 0 Å². The number of amides is 1. The molecule has 0 bridgehead atoms. The Morgan fingerprint density at radius 3 is 2.61 bits per heavy atom. The Hall–Kier alpha value is -1.90. The Bertz CT molecular complexity index is 784. The number of rotatable bonds is 6. The lowest BCUT2D eigenvalue weighted by atomic mass is 10.2. The van der Waals surface area contributed by atoms with Crippen molar-refractivity contribution in [3.05, 3.63) is 40.6 Å². The minimum absolute atomic E-state index is 0.0918. The second-order valence-corrected chi connectivity index (χ2v) is 7.94. The first kappa shape index (κ1) is 17.5. The van der Waals surface area contributed by atoms with Crippen molar-refractivity contribution in [2.45, 2.75) is 11.3 Å². The number of carbonyl (C=O) groups excluding carboxylic acids is 1. The third-order valence-electron chi connectivity index (χ3n) is 3.17. The van der Waals surface area contributed by atoms with Crippen LogP contribution in [0, 0.1) is 0 Å². The van der Waals surface area contributed by atoms with Crippen molar-refractivity contribution in [2.24, 2.45) is 0 Å². The van der Waals surface area contributed by atoms with E-state index in [9.17, 15) is 13.2 Å². The summed E-state index contributed by atoms with van der Waals surface area (Å²) in [6.45, 7) is 0. The summed E-state index contributed by atoms with van der Waals surface area (Å²) >= 11 is 1.52. The predicted octanol–water partition coefficient (Wildman–Crippen LogP) is 2.19. The van der Waals surface area contributed by atoms with E-state index in [1.165, 1.54) is 50.7 Å². The molecule has 0 aliphatic heterocycles. The van der Waals surface area contributed by atoms with Crippen molar-refractivity contribution in [3.63, 3.8) is 0 Å². The fraction of sp³-hybridized carbons (Fsp3) is 0.267. The van der Waals surface area contributed by atoms with Gasteiger partial charge < -0.3 is 10.1 Å². The fourth-order valence-electron chi connectivity index (χ4n) is 1.93. The number of benzene rings is 1. The highest BCUT2D eigenvalue weighted by Gasteiger charge is 2.19. The molecule has 124 valence electrons. The van der Waals surface area contributed by atoms with Gasteiger partial charge in [-0.1, -0.05) is 0 Å². The van der Waals surface area contributed by atoms with Crippen LogP contribution >= 0.6 is 11.3 Å². The van der Waals surface area contributed by atoms with Gasteiger partial charge in [0.05, 0.1) is 24.1 Å². The van der Waals surface area contributed by atoms with Crippen LogP contribution in [-0.4, -0.2) is 39.8 Å². The molecule has 1 aromatic heterocycles. The molecule has 0 radical (unpaired) electrons. The van der Waals surface area contributed by atoms with Gasteiger partial charge in [-0.05, 0) is 40.6 Å². The van der Waals surface area contributed by atoms with Gasteiger partial charge in [0.15, 0.2) is 0 Å². The number of hydrogen-bond donors (Lipinski definition) is 1. The molecule has 0 saturated heterocycles. The summed E-state index contributed by atoms with van der Waals surface area (Å²) in [6.07, 6.45) is 0.220. The van der Waals surface area contributed by atoms with Gasteiger partial charge in [0.1, 0.15) is 5.75 Å². The van der Waals surface area contributed by atoms with Crippen LogP contribution in [0.15, 0.2) is 39.9 Å². The summed E-state index contributed by atoms with van der Waals surface area (Å²) in [5.41, 5.74) is 1.24. The molecule has 23 heavy (non-hydrogen) atoms. The Kier molecular flexibility index (Phi) is 5.40. The molecule has 2 rings (SSSR count). The van der Waals surface area contributed by atoms with Crippen LogP contribution in [0.2, 0.25) is 0 Å². The number of thiophene rings is 1. The molecule has 0 spiro atoms. The highest BCUT2D eigenvalue weighted by molar-refractivity contribution is 7.89. The predicted molar refractivity (Wildman–Crippen MR) is 90.5 cm³/mol. The van der Waals surface area contributed by atoms with Crippen LogP contribution in [0.4, 0.5) is 5.69 Å². The molecule has 1 aromatic carbocycles. The lowest BCUT2D eigenvalue weighted by Gasteiger charge is -2.15. The Balaban J connectivity index is 2.27. The van der Waals surface area contributed by atoms with Crippen molar-refractivity contribution in [1.82, 2.24) is 4.31 Å². The van der Waals surface area contributed by atoms with Crippen LogP contribution in [0.3, 0.4) is 0 Å². The highest BCUT2D eigenvalue weighted by Crippen LogP contribution is 2.28. The maximum absolute atomic E-state index is 12.2. The van der Waals surface area contributed by atoms with Crippen LogP contribution in [0.5, 0.6) is 5.75 Å². The van der Waals surface area contributed by atoms with Crippen LogP contribution in [0.25, 0.3) is 0 Å². The van der Waals surface area contributed by atoms with Gasteiger partial charge in [-0.25, -0.2) is 12.7 Å². The molecule has 0 unspecified atom stereocenters. The van der Waals surface area contributed by atoms with Crippen molar-refractivity contribution in [3.8, 4) is 5.75 Å². The summed E-state index contributed by atoms with van der Waals surface area (Å²) in [5, 5.41) is 6.50. The minimum atomic E-state index is -3.58. The topological polar surface area (TPSA) is 75.7 Å². The van der Waals surface area contributed by atoms with Gasteiger partial charge in [0.2, 0.25) is 15.9 Å². The molecular formula is C15H18N2O4S2. The monoisotopic (exact) mass is 354 g/mol. The zero-order valence-electron chi connectivity index (χ0n) is 13.1. The zero-order chi connectivity index (χ0) is 17.0. The molecular weight excluding hydrogens is 336 g/mol. The number of hydrogen-bond acceptors (Lipinski definition) is 5. The van der Waals surface area contributed by atoms with Gasteiger partial charge in [-0.3, -0.25) is 4.79 Å². The summed E-state index contributed by atoms with van der Waals surface area (Å²) < 4.78 is 30.7. The molecule has 0 saturated carbocycles. The summed E-state index contributed by atoms with van der Waals surface area (Å²) in [4.78, 5) is 12.2. The summed E-state index contributed by atoms with van der Waals surface area (Å²) in [5.74, 6) is 0.169. The van der Waals surface area contributed by atoms with E-state index in [2.05, 4.69) is 5.32 Å². The lowest BCUT2D eigenvalue weighted by Crippen LogP contribution is -2.22. The van der Waals surface area contributed by atoms with Crippen LogP contribution in [-0.2, 0) is 21.2 Å². The highest BCUT2D eigenvalue weighted by atomic mass is 32.2. The number of nitrogens with zero attached hydrogens (tertiary/aromatic N) is 1. The molecule has 0 aliphatic carbocycles.